The lowest BCUT2D eigenvalue weighted by Crippen LogP contribution is -2.28. The second kappa shape index (κ2) is 34.2. The lowest BCUT2D eigenvalue weighted by molar-refractivity contribution is 0.769. The molecule has 3 aliphatic rings. The molecule has 0 atom stereocenters. The molecule has 25 rings (SSSR count). The normalized spacial score (nSPS) is 12.4. The zero-order valence-electron chi connectivity index (χ0n) is 73.4. The lowest BCUT2D eigenvalue weighted by atomic mass is 9.67. The molecule has 0 radical (unpaired) electrons. The second-order valence-electron chi connectivity index (χ2n) is 35.1. The average molecular weight is 1700 g/mol. The first-order chi connectivity index (χ1) is 66.4. The monoisotopic (exact) mass is 1700 g/mol. The van der Waals surface area contributed by atoms with E-state index in [-0.39, 0.29) is 0 Å². The first-order valence-electron chi connectivity index (χ1n) is 45.9. The number of hydrogen-bond acceptors (Lipinski definition) is 4. The largest absolute Gasteiger partial charge is 0.265 e. The molecule has 22 aromatic rings. The number of benzene rings is 18. The van der Waals surface area contributed by atoms with Gasteiger partial charge >= 0.3 is 0 Å². The van der Waals surface area contributed by atoms with E-state index in [2.05, 4.69) is 493 Å². The molecule has 4 heteroatoms. The van der Waals surface area contributed by atoms with Crippen molar-refractivity contribution >= 4 is 0 Å². The molecule has 1 spiro atoms. The molecule has 0 amide bonds. The Kier molecular flexibility index (Phi) is 20.4. The first-order valence-corrected chi connectivity index (χ1v) is 45.9. The third-order valence-corrected chi connectivity index (χ3v) is 27.6. The number of hydrogen-bond donors (Lipinski definition) is 0. The van der Waals surface area contributed by atoms with Gasteiger partial charge in [-0.3, -0.25) is 19.9 Å². The van der Waals surface area contributed by atoms with Gasteiger partial charge < -0.3 is 0 Å². The van der Waals surface area contributed by atoms with Crippen LogP contribution in [0.1, 0.15) is 44.5 Å². The Balaban J connectivity index is 0.000000147. The Morgan fingerprint density at radius 1 is 0.104 bits per heavy atom. The molecule has 0 saturated heterocycles. The summed E-state index contributed by atoms with van der Waals surface area (Å²) < 4.78 is 0. The molecule has 626 valence electrons. The summed E-state index contributed by atoms with van der Waals surface area (Å²) in [5.41, 5.74) is 50.0. The molecule has 0 aliphatic heterocycles. The van der Waals surface area contributed by atoms with Gasteiger partial charge in [0.1, 0.15) is 0 Å². The van der Waals surface area contributed by atoms with E-state index in [0.717, 1.165) is 50.1 Å². The Bertz CT molecular complexity index is 7440. The number of aromatic nitrogens is 4. The van der Waals surface area contributed by atoms with Gasteiger partial charge in [0, 0.05) is 49.6 Å². The zero-order chi connectivity index (χ0) is 88.9. The maximum absolute atomic E-state index is 4.25. The van der Waals surface area contributed by atoms with Crippen molar-refractivity contribution in [2.24, 2.45) is 0 Å². The highest BCUT2D eigenvalue weighted by Crippen LogP contribution is 2.64. The van der Waals surface area contributed by atoms with Gasteiger partial charge in [0.15, 0.2) is 0 Å². The highest BCUT2D eigenvalue weighted by molar-refractivity contribution is 5.98. The summed E-state index contributed by atoms with van der Waals surface area (Å²) in [6.07, 6.45) is 14.8. The van der Waals surface area contributed by atoms with Crippen LogP contribution in [0, 0.1) is 0 Å². The molecule has 0 saturated carbocycles. The van der Waals surface area contributed by atoms with Crippen molar-refractivity contribution in [3.05, 3.63) is 567 Å². The van der Waals surface area contributed by atoms with Gasteiger partial charge in [0.2, 0.25) is 0 Å². The van der Waals surface area contributed by atoms with Crippen LogP contribution < -0.4 is 0 Å². The molecule has 0 unspecified atom stereocenters. The molecule has 4 nitrogen and oxygen atoms in total. The molecule has 0 fully saturated rings. The fourth-order valence-corrected chi connectivity index (χ4v) is 21.4. The quantitative estimate of drug-likeness (QED) is 0.0967. The molecule has 0 N–H and O–H groups in total. The van der Waals surface area contributed by atoms with Crippen LogP contribution in [0.25, 0.3) is 189 Å². The van der Waals surface area contributed by atoms with E-state index >= 15 is 0 Å². The topological polar surface area (TPSA) is 51.6 Å². The molecular weight excluding hydrogens is 1620 g/mol. The van der Waals surface area contributed by atoms with Gasteiger partial charge in [0.05, 0.1) is 10.8 Å². The maximum atomic E-state index is 4.25. The van der Waals surface area contributed by atoms with Crippen LogP contribution in [0.15, 0.2) is 523 Å². The van der Waals surface area contributed by atoms with E-state index < -0.39 is 10.8 Å². The molecular formula is C130H86N4. The minimum Gasteiger partial charge on any atom is -0.265 e. The number of fused-ring (bicyclic) bond motifs is 13. The molecule has 134 heavy (non-hydrogen) atoms. The van der Waals surface area contributed by atoms with Gasteiger partial charge in [-0.1, -0.05) is 328 Å². The van der Waals surface area contributed by atoms with Gasteiger partial charge in [-0.25, -0.2) is 0 Å². The Morgan fingerprint density at radius 3 is 0.515 bits per heavy atom. The standard InChI is InChI=1S/C65H42N2.C65H44N2/c1-4-22-61-57(19-1)58-20-2-5-23-62(58)65(61)63-24-6-3-21-59(63)60-26-25-53(42-64(60)65)56-40-54(51-17-9-15-49(37-51)47-13-7-11-45(35-47)43-27-31-66-32-28-43)39-55(41-56)52-18-10-16-50(38-52)48-14-8-12-46(36-48)44-29-33-67-34-30-44;1-3-21-59(22-4-1)65(60-23-5-2-6-24-60)63-26-8-7-25-61(63)62-28-27-55(44-64(62)65)58-42-56(53-19-11-17-51(39-53)49-15-9-13-47(37-49)45-29-33-66-34-30-45)41-57(43-58)54-20-12-18-52(40-54)50-16-10-14-48(38-50)46-31-35-67-36-32-46/h1-42H;1-44H. The highest BCUT2D eigenvalue weighted by atomic mass is 14.6. The molecule has 18 aromatic carbocycles. The Labute approximate surface area is 781 Å². The van der Waals surface area contributed by atoms with Crippen LogP contribution in [0.2, 0.25) is 0 Å². The van der Waals surface area contributed by atoms with Crippen LogP contribution in [-0.2, 0) is 10.8 Å². The first kappa shape index (κ1) is 79.9. The van der Waals surface area contributed by atoms with Crippen molar-refractivity contribution in [2.75, 3.05) is 0 Å². The minimum atomic E-state index is -0.497. The van der Waals surface area contributed by atoms with Gasteiger partial charge in [-0.05, 0) is 379 Å². The second-order valence-corrected chi connectivity index (χ2v) is 35.1. The maximum Gasteiger partial charge on any atom is 0.0725 e. The summed E-state index contributed by atoms with van der Waals surface area (Å²) in [7, 11) is 0. The summed E-state index contributed by atoms with van der Waals surface area (Å²) in [5.74, 6) is 0. The van der Waals surface area contributed by atoms with Gasteiger partial charge in [-0.15, -0.1) is 0 Å². The van der Waals surface area contributed by atoms with Gasteiger partial charge in [0.25, 0.3) is 0 Å². The summed E-state index contributed by atoms with van der Waals surface area (Å²) in [6, 6.07) is 175. The van der Waals surface area contributed by atoms with Gasteiger partial charge in [-0.2, -0.15) is 0 Å². The summed E-state index contributed by atoms with van der Waals surface area (Å²) in [6.45, 7) is 0. The highest BCUT2D eigenvalue weighted by Gasteiger charge is 2.52. The third kappa shape index (κ3) is 14.4. The SMILES string of the molecule is c1cc(-c2ccncc2)cc(-c2cccc(-c3cc(-c4cccc(-c5cccc(-c6ccncc6)c5)c4)cc(-c4ccc5c(c4)C4(c6ccccc6-c6ccccc64)c4ccccc4-5)c3)c2)c1.c1ccc(C2(c3ccccc3)c3ccccc3-c3ccc(-c4cc(-c5cccc(-c6cccc(-c7ccncc7)c6)c5)cc(-c5cccc(-c6cccc(-c7ccncc7)c6)c5)c4)cc32)cc1. The van der Waals surface area contributed by atoms with Crippen molar-refractivity contribution in [1.29, 1.82) is 0 Å². The van der Waals surface area contributed by atoms with E-state index in [1.807, 2.05) is 49.6 Å². The smallest absolute Gasteiger partial charge is 0.0725 e. The molecule has 4 aromatic heterocycles. The van der Waals surface area contributed by atoms with Crippen molar-refractivity contribution in [3.8, 4) is 189 Å². The predicted molar refractivity (Wildman–Crippen MR) is 554 cm³/mol. The zero-order valence-corrected chi connectivity index (χ0v) is 73.4. The van der Waals surface area contributed by atoms with Crippen molar-refractivity contribution < 1.29 is 0 Å². The molecule has 3 aliphatic carbocycles. The minimum absolute atomic E-state index is 0.423. The van der Waals surface area contributed by atoms with Crippen LogP contribution >= 0.6 is 0 Å². The van der Waals surface area contributed by atoms with Crippen molar-refractivity contribution in [1.82, 2.24) is 19.9 Å². The predicted octanol–water partition coefficient (Wildman–Crippen LogP) is 33.0. The van der Waals surface area contributed by atoms with E-state index in [0.29, 0.717) is 0 Å². The van der Waals surface area contributed by atoms with Crippen LogP contribution in [0.3, 0.4) is 0 Å². The number of nitrogens with zero attached hydrogens (tertiary/aromatic N) is 4. The molecule has 4 heterocycles. The fourth-order valence-electron chi connectivity index (χ4n) is 21.4. The van der Waals surface area contributed by atoms with E-state index in [9.17, 15) is 0 Å². The summed E-state index contributed by atoms with van der Waals surface area (Å²) in [5, 5.41) is 0. The molecule has 0 bridgehead atoms. The summed E-state index contributed by atoms with van der Waals surface area (Å²) >= 11 is 0. The number of rotatable bonds is 16. The van der Waals surface area contributed by atoms with Crippen molar-refractivity contribution in [3.63, 3.8) is 0 Å². The van der Waals surface area contributed by atoms with E-state index in [4.69, 9.17) is 0 Å². The Morgan fingerprint density at radius 2 is 0.276 bits per heavy atom. The lowest BCUT2D eigenvalue weighted by Gasteiger charge is -2.34. The van der Waals surface area contributed by atoms with Crippen LogP contribution in [0.5, 0.6) is 0 Å². The van der Waals surface area contributed by atoms with Crippen LogP contribution in [0.4, 0.5) is 0 Å². The van der Waals surface area contributed by atoms with Crippen molar-refractivity contribution in [2.45, 2.75) is 10.8 Å². The average Bonchev–Trinajstić information content (AvgIpc) is 1.52. The summed E-state index contributed by atoms with van der Waals surface area (Å²) in [4.78, 5) is 17.0. The Hall–Kier alpha value is -17.4. The van der Waals surface area contributed by atoms with E-state index in [1.54, 1.807) is 0 Å². The fraction of sp³-hybridized carbons (Fsp3) is 0.0154. The third-order valence-electron chi connectivity index (χ3n) is 27.6. The van der Waals surface area contributed by atoms with E-state index in [1.165, 1.54) is 184 Å². The van der Waals surface area contributed by atoms with Crippen LogP contribution in [-0.4, -0.2) is 19.9 Å². The number of pyridine rings is 4.